The van der Waals surface area contributed by atoms with E-state index in [2.05, 4.69) is 0 Å². The van der Waals surface area contributed by atoms with E-state index in [9.17, 15) is 22.8 Å². The van der Waals surface area contributed by atoms with Gasteiger partial charge in [0.25, 0.3) is 0 Å². The number of nitrogens with zero attached hydrogens (tertiary/aromatic N) is 4. The van der Waals surface area contributed by atoms with E-state index in [0.717, 1.165) is 17.0 Å². The molecule has 0 atom stereocenters. The fourth-order valence-corrected chi connectivity index (χ4v) is 4.25. The van der Waals surface area contributed by atoms with E-state index in [0.29, 0.717) is 11.6 Å². The summed E-state index contributed by atoms with van der Waals surface area (Å²) < 4.78 is 58.4. The van der Waals surface area contributed by atoms with Crippen molar-refractivity contribution in [3.05, 3.63) is 69.1 Å². The molecule has 4 nitrogen and oxygen atoms in total. The van der Waals surface area contributed by atoms with Gasteiger partial charge in [0.15, 0.2) is 23.3 Å². The summed E-state index contributed by atoms with van der Waals surface area (Å²) in [6.07, 6.45) is 1.90. The largest absolute Gasteiger partial charge is 0.335 e. The van der Waals surface area contributed by atoms with Crippen LogP contribution >= 0.6 is 11.8 Å². The third kappa shape index (κ3) is 3.74. The highest BCUT2D eigenvalue weighted by atomic mass is 32.2. The molecule has 0 unspecified atom stereocenters. The Hall–Kier alpha value is -3.74. The van der Waals surface area contributed by atoms with Crippen LogP contribution in [0.15, 0.2) is 40.3 Å². The summed E-state index contributed by atoms with van der Waals surface area (Å²) in [5.74, 6) is -7.53. The first kappa shape index (κ1) is 22.0. The van der Waals surface area contributed by atoms with Crippen LogP contribution < -0.4 is 15.3 Å². The van der Waals surface area contributed by atoms with Crippen LogP contribution in [0, 0.1) is 57.3 Å². The number of fused-ring (bicyclic) bond motifs is 1. The van der Waals surface area contributed by atoms with Crippen molar-refractivity contribution in [2.45, 2.75) is 18.2 Å². The van der Waals surface area contributed by atoms with Crippen molar-refractivity contribution in [3.8, 4) is 18.2 Å². The topological polar surface area (TPSA) is 74.6 Å². The molecule has 1 aliphatic rings. The first-order valence-corrected chi connectivity index (χ1v) is 9.78. The van der Waals surface area contributed by atoms with Gasteiger partial charge in [0, 0.05) is 11.4 Å². The lowest BCUT2D eigenvalue weighted by atomic mass is 10.1. The van der Waals surface area contributed by atoms with E-state index >= 15 is 0 Å². The highest BCUT2D eigenvalue weighted by Gasteiger charge is 2.26. The lowest BCUT2D eigenvalue weighted by Crippen LogP contribution is -2.31. The van der Waals surface area contributed by atoms with Gasteiger partial charge in [-0.15, -0.1) is 0 Å². The van der Waals surface area contributed by atoms with Crippen molar-refractivity contribution in [2.24, 2.45) is 0 Å². The van der Waals surface area contributed by atoms with Gasteiger partial charge in [-0.25, -0.2) is 17.6 Å². The van der Waals surface area contributed by atoms with Crippen LogP contribution in [0.3, 0.4) is 0 Å². The molecule has 2 aromatic carbocycles. The van der Waals surface area contributed by atoms with E-state index in [4.69, 9.17) is 10.5 Å². The van der Waals surface area contributed by atoms with Gasteiger partial charge in [-0.05, 0) is 24.6 Å². The summed E-state index contributed by atoms with van der Waals surface area (Å²) in [6.45, 7) is 2.48. The summed E-state index contributed by atoms with van der Waals surface area (Å²) in [5, 5.41) is 25.0. The Morgan fingerprint density at radius 3 is 2.06 bits per heavy atom. The van der Waals surface area contributed by atoms with Crippen molar-refractivity contribution in [2.75, 3.05) is 11.4 Å². The molecular weight excluding hydrogens is 428 g/mol. The van der Waals surface area contributed by atoms with Gasteiger partial charge in [-0.3, -0.25) is 0 Å². The molecule has 0 aromatic heterocycles. The predicted molar refractivity (Wildman–Crippen MR) is 107 cm³/mol. The van der Waals surface area contributed by atoms with Crippen LogP contribution in [-0.4, -0.2) is 6.54 Å². The van der Waals surface area contributed by atoms with E-state index in [1.165, 1.54) is 30.0 Å². The third-order valence-corrected chi connectivity index (χ3v) is 5.59. The van der Waals surface area contributed by atoms with Gasteiger partial charge in [-0.2, -0.15) is 15.8 Å². The summed E-state index contributed by atoms with van der Waals surface area (Å²) in [6, 6.07) is 11.3. The molecule has 31 heavy (non-hydrogen) atoms. The average Bonchev–Trinajstić information content (AvgIpc) is 3.12. The molecule has 1 heterocycles. The first-order chi connectivity index (χ1) is 14.9. The number of anilines is 1. The summed E-state index contributed by atoms with van der Waals surface area (Å²) >= 11 is 1.25. The maximum absolute atomic E-state index is 14.7. The van der Waals surface area contributed by atoms with Crippen molar-refractivity contribution in [3.63, 3.8) is 0 Å². The van der Waals surface area contributed by atoms with Crippen LogP contribution in [0.5, 0.6) is 0 Å². The third-order valence-electron chi connectivity index (χ3n) is 4.48. The molecule has 154 valence electrons. The number of benzene rings is 2. The second-order valence-electron chi connectivity index (χ2n) is 6.33. The second-order valence-corrected chi connectivity index (χ2v) is 7.40. The molecule has 9 heteroatoms. The Morgan fingerprint density at radius 1 is 0.935 bits per heavy atom. The molecule has 0 bridgehead atoms. The quantitative estimate of drug-likeness (QED) is 0.533. The molecule has 0 fully saturated rings. The van der Waals surface area contributed by atoms with Gasteiger partial charge >= 0.3 is 0 Å². The number of hydrogen-bond acceptors (Lipinski definition) is 5. The number of allylic oxidation sites excluding steroid dienone is 1. The maximum Gasteiger partial charge on any atom is 0.171 e. The average molecular weight is 440 g/mol. The normalized spacial score (nSPS) is 13.4. The molecule has 1 aliphatic heterocycles. The molecular formula is C22H12F4N4S. The summed E-state index contributed by atoms with van der Waals surface area (Å²) in [7, 11) is 0. The number of para-hydroxylation sites is 1. The Bertz CT molecular complexity index is 1310. The number of nitriles is 3. The van der Waals surface area contributed by atoms with E-state index in [-0.39, 0.29) is 0 Å². The number of rotatable bonds is 3. The van der Waals surface area contributed by atoms with Crippen molar-refractivity contribution >= 4 is 28.6 Å². The van der Waals surface area contributed by atoms with E-state index in [1.54, 1.807) is 6.07 Å². The summed E-state index contributed by atoms with van der Waals surface area (Å²) in [4.78, 5) is 2.70. The first-order valence-electron chi connectivity index (χ1n) is 8.96. The molecule has 0 amide bonds. The van der Waals surface area contributed by atoms with E-state index in [1.807, 2.05) is 36.1 Å². The molecule has 2 aromatic rings. The van der Waals surface area contributed by atoms with Crippen LogP contribution in [0.1, 0.15) is 13.3 Å². The molecule has 0 radical (unpaired) electrons. The highest BCUT2D eigenvalue weighted by molar-refractivity contribution is 8.03. The Labute approximate surface area is 179 Å². The van der Waals surface area contributed by atoms with Gasteiger partial charge in [0.1, 0.15) is 23.8 Å². The van der Waals surface area contributed by atoms with Crippen molar-refractivity contribution in [1.82, 2.24) is 0 Å². The van der Waals surface area contributed by atoms with Crippen LogP contribution in [0.4, 0.5) is 23.2 Å². The standard InChI is InChI=1S/C22H12F4N4S/c1-2-7-30-14-5-3-4-6-15(14)31-16(30)8-12(9-27)17-19(23)21(25)18(13(10-28)11-29)22(26)20(17)24/h3-6,8H,2,7H2,1H3/b16-8-. The maximum atomic E-state index is 14.7. The fraction of sp³-hybridized carbons (Fsp3) is 0.136. The predicted octanol–water partition coefficient (Wildman–Crippen LogP) is 3.98. The minimum Gasteiger partial charge on any atom is -0.335 e. The number of halogens is 4. The monoisotopic (exact) mass is 440 g/mol. The van der Waals surface area contributed by atoms with Gasteiger partial charge in [-0.1, -0.05) is 30.8 Å². The Balaban J connectivity index is 2.35. The molecule has 0 saturated heterocycles. The minimum atomic E-state index is -1.91. The zero-order valence-electron chi connectivity index (χ0n) is 16.0. The minimum absolute atomic E-state index is 0.463. The van der Waals surface area contributed by atoms with Crippen LogP contribution in [-0.2, 0) is 0 Å². The lowest BCUT2D eigenvalue weighted by Gasteiger charge is -2.19. The molecule has 0 spiro atoms. The van der Waals surface area contributed by atoms with Crippen LogP contribution in [0.2, 0.25) is 0 Å². The SMILES string of the molecule is CCCN1/C(=C/C(C#N)=c2c(F)c(F)c(=C(C#N)C#N)c(F)c2F)Sc2ccccc21. The Kier molecular flexibility index (Phi) is 6.34. The molecule has 0 saturated carbocycles. The zero-order valence-corrected chi connectivity index (χ0v) is 16.8. The van der Waals surface area contributed by atoms with Crippen molar-refractivity contribution < 1.29 is 17.6 Å². The fourth-order valence-electron chi connectivity index (χ4n) is 3.12. The van der Waals surface area contributed by atoms with Gasteiger partial charge < -0.3 is 4.90 Å². The molecule has 0 aliphatic carbocycles. The zero-order chi connectivity index (χ0) is 22.7. The summed E-state index contributed by atoms with van der Waals surface area (Å²) in [5.41, 5.74) is -0.910. The lowest BCUT2D eigenvalue weighted by molar-refractivity contribution is 0.434. The van der Waals surface area contributed by atoms with Crippen LogP contribution in [0.25, 0.3) is 11.1 Å². The molecule has 0 N–H and O–H groups in total. The highest BCUT2D eigenvalue weighted by Crippen LogP contribution is 2.46. The Morgan fingerprint density at radius 2 is 1.52 bits per heavy atom. The van der Waals surface area contributed by atoms with Gasteiger partial charge in [0.2, 0.25) is 0 Å². The molecule has 3 rings (SSSR count). The van der Waals surface area contributed by atoms with Gasteiger partial charge in [0.05, 0.1) is 26.7 Å². The second kappa shape index (κ2) is 8.95. The number of thioether (sulfide) groups is 1. The van der Waals surface area contributed by atoms with Crippen molar-refractivity contribution in [1.29, 1.82) is 15.8 Å². The van der Waals surface area contributed by atoms with E-state index < -0.39 is 44.9 Å². The number of hydrogen-bond donors (Lipinski definition) is 0. The smallest absolute Gasteiger partial charge is 0.171 e.